The van der Waals surface area contributed by atoms with Crippen LogP contribution < -0.4 is 61.2 Å². The molecule has 0 saturated carbocycles. The third kappa shape index (κ3) is 14.6. The van der Waals surface area contributed by atoms with E-state index < -0.39 is 30.9 Å². The Hall–Kier alpha value is -1.32. The van der Waals surface area contributed by atoms with E-state index in [0.717, 1.165) is 0 Å². The minimum atomic E-state index is -1.41. The number of rotatable bonds is 11. The van der Waals surface area contributed by atoms with Gasteiger partial charge in [0.2, 0.25) is 0 Å². The van der Waals surface area contributed by atoms with E-state index in [1.54, 1.807) is 0 Å². The van der Waals surface area contributed by atoms with Crippen LogP contribution in [0, 0.1) is 17.7 Å². The molecule has 0 amide bonds. The number of hydrogen-bond acceptors (Lipinski definition) is 7. The SMILES string of the molecule is O=C([O-])COC[C@@H](O)[C@H](O)C=CC=CC#CC=C[C@@H](O)COc1ccc(F)cc1.[K+]. The van der Waals surface area contributed by atoms with Crippen molar-refractivity contribution >= 4 is 5.97 Å². The molecule has 30 heavy (non-hydrogen) atoms. The van der Waals surface area contributed by atoms with E-state index in [2.05, 4.69) is 16.6 Å². The Morgan fingerprint density at radius 1 is 1.07 bits per heavy atom. The quantitative estimate of drug-likeness (QED) is 0.186. The van der Waals surface area contributed by atoms with Crippen LogP contribution in [0.5, 0.6) is 5.75 Å². The van der Waals surface area contributed by atoms with Crippen LogP contribution in [0.15, 0.2) is 60.7 Å². The van der Waals surface area contributed by atoms with E-state index in [0.29, 0.717) is 5.75 Å². The van der Waals surface area contributed by atoms with Gasteiger partial charge in [0.15, 0.2) is 0 Å². The van der Waals surface area contributed by atoms with Crippen LogP contribution in [0.3, 0.4) is 0 Å². The zero-order valence-corrected chi connectivity index (χ0v) is 19.6. The maximum Gasteiger partial charge on any atom is 1.00 e. The van der Waals surface area contributed by atoms with E-state index in [1.165, 1.54) is 60.7 Å². The first-order valence-electron chi connectivity index (χ1n) is 8.59. The van der Waals surface area contributed by atoms with Crippen molar-refractivity contribution in [3.8, 4) is 17.6 Å². The van der Waals surface area contributed by atoms with Gasteiger partial charge in [0, 0.05) is 0 Å². The summed E-state index contributed by atoms with van der Waals surface area (Å²) >= 11 is 0. The Bertz CT molecular complexity index is 766. The largest absolute Gasteiger partial charge is 1.00 e. The third-order valence-electron chi connectivity index (χ3n) is 3.22. The molecular formula is C21H22FKO7. The summed E-state index contributed by atoms with van der Waals surface area (Å²) in [5.41, 5.74) is 0. The number of benzene rings is 1. The van der Waals surface area contributed by atoms with Gasteiger partial charge in [-0.15, -0.1) is 0 Å². The van der Waals surface area contributed by atoms with E-state index in [-0.39, 0.29) is 70.4 Å². The number of aliphatic carboxylic acids is 1. The van der Waals surface area contributed by atoms with Gasteiger partial charge in [0.1, 0.15) is 36.5 Å². The fourth-order valence-corrected chi connectivity index (χ4v) is 1.79. The first-order chi connectivity index (χ1) is 13.9. The molecule has 0 radical (unpaired) electrons. The molecule has 1 aromatic rings. The average molecular weight is 444 g/mol. The first kappa shape index (κ1) is 28.7. The summed E-state index contributed by atoms with van der Waals surface area (Å²) in [6.07, 6.45) is 5.24. The van der Waals surface area contributed by atoms with Crippen LogP contribution in [0.2, 0.25) is 0 Å². The monoisotopic (exact) mass is 444 g/mol. The van der Waals surface area contributed by atoms with Crippen LogP contribution in [0.1, 0.15) is 0 Å². The van der Waals surface area contributed by atoms with Gasteiger partial charge in [-0.3, -0.25) is 0 Å². The molecule has 0 aromatic heterocycles. The van der Waals surface area contributed by atoms with Gasteiger partial charge in [0.25, 0.3) is 0 Å². The number of carboxylic acid groups (broad SMARTS) is 1. The fraction of sp³-hybridized carbons (Fsp3) is 0.286. The molecule has 1 rings (SSSR count). The van der Waals surface area contributed by atoms with Crippen molar-refractivity contribution in [1.82, 2.24) is 0 Å². The Morgan fingerprint density at radius 2 is 1.73 bits per heavy atom. The second kappa shape index (κ2) is 17.4. The molecule has 1 aromatic carbocycles. The molecule has 0 aliphatic heterocycles. The topological polar surface area (TPSA) is 119 Å². The molecule has 9 heteroatoms. The van der Waals surface area contributed by atoms with Gasteiger partial charge < -0.3 is 34.7 Å². The Kier molecular flexibility index (Phi) is 16.6. The number of carbonyl (C=O) groups excluding carboxylic acids is 1. The number of aliphatic hydroxyl groups is 3. The number of ether oxygens (including phenoxy) is 2. The van der Waals surface area contributed by atoms with E-state index in [1.807, 2.05) is 0 Å². The molecule has 7 nitrogen and oxygen atoms in total. The zero-order valence-electron chi connectivity index (χ0n) is 16.5. The third-order valence-corrected chi connectivity index (χ3v) is 3.22. The van der Waals surface area contributed by atoms with Crippen molar-refractivity contribution in [2.75, 3.05) is 19.8 Å². The number of carboxylic acids is 1. The smallest absolute Gasteiger partial charge is 0.548 e. The zero-order chi connectivity index (χ0) is 21.5. The Labute approximate surface area is 216 Å². The number of hydrogen-bond donors (Lipinski definition) is 3. The predicted octanol–water partition coefficient (Wildman–Crippen LogP) is -3.27. The summed E-state index contributed by atoms with van der Waals surface area (Å²) in [6.45, 7) is -1.01. The van der Waals surface area contributed by atoms with Gasteiger partial charge in [-0.05, 0) is 42.5 Å². The second-order valence-corrected chi connectivity index (χ2v) is 5.67. The molecule has 3 N–H and O–H groups in total. The van der Waals surface area contributed by atoms with Gasteiger partial charge in [-0.25, -0.2) is 4.39 Å². The van der Waals surface area contributed by atoms with Crippen LogP contribution >= 0.6 is 0 Å². The van der Waals surface area contributed by atoms with Crippen molar-refractivity contribution < 1.29 is 90.5 Å². The average Bonchev–Trinajstić information content (AvgIpc) is 2.69. The van der Waals surface area contributed by atoms with Crippen LogP contribution in [0.25, 0.3) is 0 Å². The summed E-state index contributed by atoms with van der Waals surface area (Å²) in [4.78, 5) is 10.2. The van der Waals surface area contributed by atoms with Crippen molar-refractivity contribution in [2.45, 2.75) is 18.3 Å². The Morgan fingerprint density at radius 3 is 2.40 bits per heavy atom. The van der Waals surface area contributed by atoms with Crippen molar-refractivity contribution in [1.29, 1.82) is 0 Å². The van der Waals surface area contributed by atoms with Crippen LogP contribution in [0.4, 0.5) is 4.39 Å². The summed E-state index contributed by atoms with van der Waals surface area (Å²) < 4.78 is 22.7. The molecule has 3 atom stereocenters. The number of carbonyl (C=O) groups is 1. The molecule has 0 aliphatic carbocycles. The summed E-state index contributed by atoms with van der Waals surface area (Å²) in [6, 6.07) is 5.43. The molecule has 156 valence electrons. The maximum absolute atomic E-state index is 12.8. The molecule has 0 fully saturated rings. The normalized spacial score (nSPS) is 14.1. The summed E-state index contributed by atoms with van der Waals surface area (Å²) in [5.74, 6) is 3.99. The first-order valence-corrected chi connectivity index (χ1v) is 8.59. The van der Waals surface area contributed by atoms with E-state index in [4.69, 9.17) is 4.74 Å². The standard InChI is InChI=1S/C21H23FO7.K/c22-16-9-11-18(12-10-16)29-13-17(23)7-5-3-1-2-4-6-8-19(24)20(25)14-28-15-21(26)27;/h2,4-12,17,19-20,23-25H,13-15H2,(H,26,27);/q;+1/p-1/t17-,19-,20-;/m1./s1. The van der Waals surface area contributed by atoms with Crippen molar-refractivity contribution in [3.63, 3.8) is 0 Å². The molecule has 0 aliphatic rings. The molecule has 0 unspecified atom stereocenters. The summed E-state index contributed by atoms with van der Waals surface area (Å²) in [5, 5.41) is 39.0. The van der Waals surface area contributed by atoms with Crippen molar-refractivity contribution in [3.05, 3.63) is 66.5 Å². The van der Waals surface area contributed by atoms with Gasteiger partial charge in [-0.2, -0.15) is 0 Å². The minimum absolute atomic E-state index is 0. The second-order valence-electron chi connectivity index (χ2n) is 5.67. The van der Waals surface area contributed by atoms with Gasteiger partial charge in [-0.1, -0.05) is 30.1 Å². The maximum atomic E-state index is 12.8. The van der Waals surface area contributed by atoms with E-state index >= 15 is 0 Å². The van der Waals surface area contributed by atoms with Crippen LogP contribution in [-0.2, 0) is 9.53 Å². The number of halogens is 1. The van der Waals surface area contributed by atoms with E-state index in [9.17, 15) is 29.6 Å². The van der Waals surface area contributed by atoms with Crippen molar-refractivity contribution in [2.24, 2.45) is 0 Å². The Balaban J connectivity index is 0.00000841. The predicted molar refractivity (Wildman–Crippen MR) is 101 cm³/mol. The fourth-order valence-electron chi connectivity index (χ4n) is 1.79. The van der Waals surface area contributed by atoms with Gasteiger partial charge in [0.05, 0.1) is 19.2 Å². The van der Waals surface area contributed by atoms with Crippen LogP contribution in [-0.4, -0.2) is 59.4 Å². The minimum Gasteiger partial charge on any atom is -0.548 e. The number of aliphatic hydroxyl groups excluding tert-OH is 3. The molecule has 0 bridgehead atoms. The molecule has 0 heterocycles. The summed E-state index contributed by atoms with van der Waals surface area (Å²) in [7, 11) is 0. The number of allylic oxidation sites excluding steroid dienone is 4. The molecule has 0 spiro atoms. The van der Waals surface area contributed by atoms with Gasteiger partial charge >= 0.3 is 51.4 Å². The molecule has 0 saturated heterocycles. The molecular weight excluding hydrogens is 422 g/mol.